The van der Waals surface area contributed by atoms with Crippen LogP contribution in [0.25, 0.3) is 0 Å². The van der Waals surface area contributed by atoms with E-state index in [1.807, 2.05) is 0 Å². The minimum Gasteiger partial charge on any atom is -0.462 e. The third-order valence-electron chi connectivity index (χ3n) is 11.6. The number of rotatable bonds is 44. The van der Waals surface area contributed by atoms with E-state index in [1.54, 1.807) is 0 Å². The monoisotopic (exact) mass is 793 g/mol. The molecule has 0 aromatic rings. The summed E-state index contributed by atoms with van der Waals surface area (Å²) in [5, 5.41) is 0. The van der Waals surface area contributed by atoms with Crippen molar-refractivity contribution in [1.29, 1.82) is 0 Å². The predicted octanol–water partition coefficient (Wildman–Crippen LogP) is 15.8. The Bertz CT molecular complexity index is 856. The summed E-state index contributed by atoms with van der Waals surface area (Å²) >= 11 is 0. The molecule has 0 radical (unpaired) electrons. The zero-order valence-electron chi connectivity index (χ0n) is 38.3. The first kappa shape index (κ1) is 54.4. The Kier molecular flexibility index (Phi) is 41.8. The van der Waals surface area contributed by atoms with Crippen molar-refractivity contribution in [3.63, 3.8) is 0 Å². The maximum Gasteiger partial charge on any atom is 0.306 e. The molecule has 0 spiro atoms. The second-order valence-corrected chi connectivity index (χ2v) is 17.8. The van der Waals surface area contributed by atoms with Crippen molar-refractivity contribution < 1.29 is 28.6 Å². The third-order valence-corrected chi connectivity index (χ3v) is 11.6. The van der Waals surface area contributed by atoms with E-state index < -0.39 is 6.10 Å². The van der Waals surface area contributed by atoms with E-state index in [0.717, 1.165) is 69.6 Å². The van der Waals surface area contributed by atoms with Gasteiger partial charge in [0.1, 0.15) is 13.2 Å². The third kappa shape index (κ3) is 42.0. The zero-order valence-corrected chi connectivity index (χ0v) is 38.3. The minimum absolute atomic E-state index is 0.0649. The highest BCUT2D eigenvalue weighted by molar-refractivity contribution is 5.71. The summed E-state index contributed by atoms with van der Waals surface area (Å²) in [4.78, 5) is 37.8. The lowest BCUT2D eigenvalue weighted by Gasteiger charge is -2.18. The SMILES string of the molecule is CCCCCCCCCCCCC(=O)OC[C@@H](COC(=O)CCCCCCCCCCCCCCCCCC(C)C)OC(=O)CCCCCCCCC(C)CC. The van der Waals surface area contributed by atoms with Crippen molar-refractivity contribution in [3.8, 4) is 0 Å². The first-order chi connectivity index (χ1) is 27.3. The van der Waals surface area contributed by atoms with Gasteiger partial charge in [-0.05, 0) is 31.1 Å². The van der Waals surface area contributed by atoms with Gasteiger partial charge >= 0.3 is 17.9 Å². The van der Waals surface area contributed by atoms with E-state index in [1.165, 1.54) is 161 Å². The Morgan fingerprint density at radius 3 is 1.02 bits per heavy atom. The van der Waals surface area contributed by atoms with Crippen LogP contribution in [0, 0.1) is 11.8 Å². The second-order valence-electron chi connectivity index (χ2n) is 17.8. The lowest BCUT2D eigenvalue weighted by atomic mass is 10.00. The van der Waals surface area contributed by atoms with Gasteiger partial charge in [0.15, 0.2) is 6.10 Å². The van der Waals surface area contributed by atoms with Crippen LogP contribution >= 0.6 is 0 Å². The Morgan fingerprint density at radius 1 is 0.375 bits per heavy atom. The molecule has 0 aliphatic carbocycles. The predicted molar refractivity (Wildman–Crippen MR) is 238 cm³/mol. The summed E-state index contributed by atoms with van der Waals surface area (Å²) < 4.78 is 16.7. The molecule has 0 bridgehead atoms. The van der Waals surface area contributed by atoms with E-state index >= 15 is 0 Å². The Hall–Kier alpha value is -1.59. The molecule has 0 aliphatic heterocycles. The molecule has 0 aromatic heterocycles. The topological polar surface area (TPSA) is 78.9 Å². The number of hydrogen-bond acceptors (Lipinski definition) is 6. The fraction of sp³-hybridized carbons (Fsp3) is 0.940. The first-order valence-corrected chi connectivity index (χ1v) is 24.8. The van der Waals surface area contributed by atoms with Gasteiger partial charge in [0.25, 0.3) is 0 Å². The Labute approximate surface area is 348 Å². The Morgan fingerprint density at radius 2 is 0.679 bits per heavy atom. The van der Waals surface area contributed by atoms with Crippen molar-refractivity contribution in [3.05, 3.63) is 0 Å². The number of hydrogen-bond donors (Lipinski definition) is 0. The van der Waals surface area contributed by atoms with Gasteiger partial charge in [-0.1, -0.05) is 234 Å². The summed E-state index contributed by atoms with van der Waals surface area (Å²) in [6, 6.07) is 0. The molecular weight excluding hydrogens is 697 g/mol. The fourth-order valence-corrected chi connectivity index (χ4v) is 7.43. The van der Waals surface area contributed by atoms with Gasteiger partial charge < -0.3 is 14.2 Å². The minimum atomic E-state index is -0.761. The van der Waals surface area contributed by atoms with E-state index in [4.69, 9.17) is 14.2 Å². The van der Waals surface area contributed by atoms with Crippen molar-refractivity contribution in [2.75, 3.05) is 13.2 Å². The molecule has 0 rings (SSSR count). The molecule has 0 fully saturated rings. The molecule has 2 atom stereocenters. The average Bonchev–Trinajstić information content (AvgIpc) is 3.18. The van der Waals surface area contributed by atoms with Gasteiger partial charge in [-0.25, -0.2) is 0 Å². The molecule has 6 nitrogen and oxygen atoms in total. The van der Waals surface area contributed by atoms with Crippen LogP contribution in [-0.2, 0) is 28.6 Å². The largest absolute Gasteiger partial charge is 0.462 e. The first-order valence-electron chi connectivity index (χ1n) is 24.8. The molecule has 1 unspecified atom stereocenters. The normalized spacial score (nSPS) is 12.5. The molecule has 0 aromatic carbocycles. The van der Waals surface area contributed by atoms with Crippen LogP contribution in [0.4, 0.5) is 0 Å². The van der Waals surface area contributed by atoms with E-state index in [9.17, 15) is 14.4 Å². The summed E-state index contributed by atoms with van der Waals surface area (Å²) in [6.07, 6.45) is 42.4. The van der Waals surface area contributed by atoms with Gasteiger partial charge in [-0.3, -0.25) is 14.4 Å². The number of ether oxygens (including phenoxy) is 3. The summed E-state index contributed by atoms with van der Waals surface area (Å²) in [7, 11) is 0. The van der Waals surface area contributed by atoms with Gasteiger partial charge in [-0.2, -0.15) is 0 Å². The zero-order chi connectivity index (χ0) is 41.2. The number of carbonyl (C=O) groups excluding carboxylic acids is 3. The molecule has 0 N–H and O–H groups in total. The molecule has 0 heterocycles. The lowest BCUT2D eigenvalue weighted by Crippen LogP contribution is -2.30. The van der Waals surface area contributed by atoms with E-state index in [2.05, 4.69) is 34.6 Å². The molecule has 0 amide bonds. The highest BCUT2D eigenvalue weighted by Gasteiger charge is 2.19. The van der Waals surface area contributed by atoms with E-state index in [0.29, 0.717) is 19.3 Å². The molecule has 0 saturated carbocycles. The highest BCUT2D eigenvalue weighted by atomic mass is 16.6. The number of unbranched alkanes of at least 4 members (excludes halogenated alkanes) is 28. The number of esters is 3. The van der Waals surface area contributed by atoms with Gasteiger partial charge in [0, 0.05) is 19.3 Å². The van der Waals surface area contributed by atoms with E-state index in [-0.39, 0.29) is 31.1 Å². The molecule has 332 valence electrons. The van der Waals surface area contributed by atoms with Crippen LogP contribution in [0.15, 0.2) is 0 Å². The number of carbonyl (C=O) groups is 3. The fourth-order valence-electron chi connectivity index (χ4n) is 7.43. The quantitative estimate of drug-likeness (QED) is 0.0347. The van der Waals surface area contributed by atoms with Crippen LogP contribution in [0.2, 0.25) is 0 Å². The van der Waals surface area contributed by atoms with Crippen LogP contribution in [0.3, 0.4) is 0 Å². The molecule has 6 heteroatoms. The van der Waals surface area contributed by atoms with Crippen molar-refractivity contribution in [2.24, 2.45) is 11.8 Å². The smallest absolute Gasteiger partial charge is 0.306 e. The summed E-state index contributed by atoms with van der Waals surface area (Å²) in [6.45, 7) is 11.3. The molecule has 56 heavy (non-hydrogen) atoms. The average molecular weight is 793 g/mol. The van der Waals surface area contributed by atoms with Gasteiger partial charge in [0.2, 0.25) is 0 Å². The summed E-state index contributed by atoms with van der Waals surface area (Å²) in [5.41, 5.74) is 0. The molecule has 0 aliphatic rings. The highest BCUT2D eigenvalue weighted by Crippen LogP contribution is 2.17. The molecular formula is C50H96O6. The van der Waals surface area contributed by atoms with Crippen LogP contribution < -0.4 is 0 Å². The maximum atomic E-state index is 12.7. The van der Waals surface area contributed by atoms with Crippen LogP contribution in [-0.4, -0.2) is 37.2 Å². The molecule has 0 saturated heterocycles. The Balaban J connectivity index is 4.24. The van der Waals surface area contributed by atoms with Crippen molar-refractivity contribution in [2.45, 2.75) is 278 Å². The van der Waals surface area contributed by atoms with Crippen molar-refractivity contribution >= 4 is 17.9 Å². The van der Waals surface area contributed by atoms with Crippen molar-refractivity contribution in [1.82, 2.24) is 0 Å². The van der Waals surface area contributed by atoms with Gasteiger partial charge in [-0.15, -0.1) is 0 Å². The van der Waals surface area contributed by atoms with Crippen LogP contribution in [0.5, 0.6) is 0 Å². The van der Waals surface area contributed by atoms with Gasteiger partial charge in [0.05, 0.1) is 0 Å². The van der Waals surface area contributed by atoms with Crippen LogP contribution in [0.1, 0.15) is 272 Å². The second kappa shape index (κ2) is 43.0. The summed E-state index contributed by atoms with van der Waals surface area (Å²) in [5.74, 6) is 0.803. The lowest BCUT2D eigenvalue weighted by molar-refractivity contribution is -0.167. The maximum absolute atomic E-state index is 12.7. The standard InChI is InChI=1S/C50H96O6/c1-6-8-9-10-11-12-21-24-30-35-40-48(51)54-43-47(56-50(53)42-37-32-27-26-29-34-39-46(5)7-2)44-55-49(52)41-36-31-25-22-19-17-15-13-14-16-18-20-23-28-33-38-45(3)4/h45-47H,6-44H2,1-5H3/t46?,47-/m0/s1.